The third kappa shape index (κ3) is 2.64. The third-order valence-corrected chi connectivity index (χ3v) is 2.90. The van der Waals surface area contributed by atoms with Crippen LogP contribution in [0.2, 0.25) is 0 Å². The Kier molecular flexibility index (Phi) is 4.24. The minimum Gasteiger partial charge on any atom is -0.493 e. The molecular formula is C13H17NO5. The number of benzene rings is 1. The Bertz CT molecular complexity index is 443. The lowest BCUT2D eigenvalue weighted by molar-refractivity contribution is 0.0604. The first-order valence-electron chi connectivity index (χ1n) is 5.90. The summed E-state index contributed by atoms with van der Waals surface area (Å²) in [5, 5.41) is 2.97. The van der Waals surface area contributed by atoms with Gasteiger partial charge in [0.2, 0.25) is 11.5 Å². The summed E-state index contributed by atoms with van der Waals surface area (Å²) in [7, 11) is 4.54. The Morgan fingerprint density at radius 1 is 1.21 bits per heavy atom. The van der Waals surface area contributed by atoms with Crippen LogP contribution in [0.25, 0.3) is 0 Å². The molecular weight excluding hydrogens is 250 g/mol. The smallest absolute Gasteiger partial charge is 0.206 e. The van der Waals surface area contributed by atoms with E-state index < -0.39 is 6.23 Å². The van der Waals surface area contributed by atoms with Crippen LogP contribution >= 0.6 is 0 Å². The van der Waals surface area contributed by atoms with E-state index in [9.17, 15) is 4.79 Å². The second kappa shape index (κ2) is 5.90. The average molecular weight is 267 g/mol. The lowest BCUT2D eigenvalue weighted by Crippen LogP contribution is -2.32. The highest BCUT2D eigenvalue weighted by molar-refractivity contribution is 6.00. The van der Waals surface area contributed by atoms with Crippen LogP contribution in [0.3, 0.4) is 0 Å². The number of nitrogens with one attached hydrogen (secondary N) is 1. The van der Waals surface area contributed by atoms with Crippen LogP contribution in [-0.4, -0.2) is 46.5 Å². The molecule has 1 N–H and O–H groups in total. The molecule has 0 aliphatic carbocycles. The van der Waals surface area contributed by atoms with E-state index in [-0.39, 0.29) is 5.78 Å². The molecule has 1 atom stereocenters. The van der Waals surface area contributed by atoms with Gasteiger partial charge in [0.1, 0.15) is 0 Å². The van der Waals surface area contributed by atoms with Crippen molar-refractivity contribution in [3.63, 3.8) is 0 Å². The molecule has 0 amide bonds. The monoisotopic (exact) mass is 267 g/mol. The Hall–Kier alpha value is -1.79. The van der Waals surface area contributed by atoms with Gasteiger partial charge in [0, 0.05) is 12.1 Å². The van der Waals surface area contributed by atoms with E-state index >= 15 is 0 Å². The molecule has 6 heteroatoms. The zero-order valence-corrected chi connectivity index (χ0v) is 11.2. The molecule has 0 spiro atoms. The predicted molar refractivity (Wildman–Crippen MR) is 68.2 cm³/mol. The van der Waals surface area contributed by atoms with Gasteiger partial charge in [0.05, 0.1) is 27.9 Å². The molecule has 1 aliphatic rings. The van der Waals surface area contributed by atoms with Gasteiger partial charge in [0.25, 0.3) is 0 Å². The van der Waals surface area contributed by atoms with E-state index in [1.807, 2.05) is 0 Å². The summed E-state index contributed by atoms with van der Waals surface area (Å²) in [6.07, 6.45) is -0.609. The van der Waals surface area contributed by atoms with Gasteiger partial charge in [-0.1, -0.05) is 0 Å². The van der Waals surface area contributed by atoms with E-state index in [0.717, 1.165) is 0 Å². The fourth-order valence-electron chi connectivity index (χ4n) is 1.97. The van der Waals surface area contributed by atoms with E-state index in [0.29, 0.717) is 36.0 Å². The van der Waals surface area contributed by atoms with E-state index in [1.165, 1.54) is 21.3 Å². The summed E-state index contributed by atoms with van der Waals surface area (Å²) in [6, 6.07) is 3.24. The van der Waals surface area contributed by atoms with Crippen LogP contribution in [0.5, 0.6) is 17.2 Å². The van der Waals surface area contributed by atoms with Gasteiger partial charge in [-0.2, -0.15) is 0 Å². The van der Waals surface area contributed by atoms with Gasteiger partial charge in [0.15, 0.2) is 17.7 Å². The van der Waals surface area contributed by atoms with Crippen LogP contribution in [0, 0.1) is 0 Å². The molecule has 104 valence electrons. The van der Waals surface area contributed by atoms with Crippen molar-refractivity contribution in [2.24, 2.45) is 0 Å². The van der Waals surface area contributed by atoms with E-state index in [2.05, 4.69) is 5.32 Å². The average Bonchev–Trinajstić information content (AvgIpc) is 2.98. The number of carbonyl (C=O) groups excluding carboxylic acids is 1. The number of hydrogen-bond donors (Lipinski definition) is 1. The maximum Gasteiger partial charge on any atom is 0.206 e. The van der Waals surface area contributed by atoms with Crippen molar-refractivity contribution in [2.75, 3.05) is 34.5 Å². The highest BCUT2D eigenvalue weighted by Crippen LogP contribution is 2.38. The Labute approximate surface area is 111 Å². The largest absolute Gasteiger partial charge is 0.493 e. The molecule has 2 rings (SSSR count). The number of carbonyl (C=O) groups is 1. The minimum atomic E-state index is -0.609. The van der Waals surface area contributed by atoms with Crippen molar-refractivity contribution >= 4 is 5.78 Å². The van der Waals surface area contributed by atoms with Crippen LogP contribution in [0.1, 0.15) is 10.4 Å². The Morgan fingerprint density at radius 3 is 2.26 bits per heavy atom. The molecule has 1 aromatic rings. The normalized spacial score (nSPS) is 18.2. The maximum atomic E-state index is 12.2. The number of Topliss-reactive ketones (excluding diaryl/α,β-unsaturated/α-hetero) is 1. The molecule has 1 saturated heterocycles. The van der Waals surface area contributed by atoms with Crippen molar-refractivity contribution in [1.29, 1.82) is 0 Å². The van der Waals surface area contributed by atoms with Crippen LogP contribution in [-0.2, 0) is 4.74 Å². The molecule has 1 aromatic carbocycles. The van der Waals surface area contributed by atoms with Gasteiger partial charge in [-0.25, -0.2) is 0 Å². The quantitative estimate of drug-likeness (QED) is 0.798. The van der Waals surface area contributed by atoms with E-state index in [1.54, 1.807) is 12.1 Å². The number of ether oxygens (including phenoxy) is 4. The van der Waals surface area contributed by atoms with Gasteiger partial charge < -0.3 is 18.9 Å². The molecule has 0 saturated carbocycles. The predicted octanol–water partition coefficient (Wildman–Crippen LogP) is 0.841. The fraction of sp³-hybridized carbons (Fsp3) is 0.462. The molecule has 0 radical (unpaired) electrons. The van der Waals surface area contributed by atoms with Crippen LogP contribution < -0.4 is 19.5 Å². The summed E-state index contributed by atoms with van der Waals surface area (Å²) in [5.74, 6) is 1.20. The number of rotatable bonds is 5. The standard InChI is InChI=1S/C13H17NO5/c1-16-9-6-8(7-10(17-2)12(9)18-3)11(15)13-14-4-5-19-13/h6-7,13-14H,4-5H2,1-3H3. The second-order valence-electron chi connectivity index (χ2n) is 3.98. The number of ketones is 1. The van der Waals surface area contributed by atoms with Crippen molar-refractivity contribution < 1.29 is 23.7 Å². The summed E-state index contributed by atoms with van der Waals surface area (Å²) in [4.78, 5) is 12.2. The first-order chi connectivity index (χ1) is 9.21. The minimum absolute atomic E-state index is 0.156. The van der Waals surface area contributed by atoms with Gasteiger partial charge >= 0.3 is 0 Å². The molecule has 1 fully saturated rings. The summed E-state index contributed by atoms with van der Waals surface area (Å²) in [5.41, 5.74) is 0.453. The SMILES string of the molecule is COc1cc(C(=O)C2NCCO2)cc(OC)c1OC. The lowest BCUT2D eigenvalue weighted by atomic mass is 10.1. The van der Waals surface area contributed by atoms with Gasteiger partial charge in [-0.05, 0) is 12.1 Å². The topological polar surface area (TPSA) is 66.0 Å². The lowest BCUT2D eigenvalue weighted by Gasteiger charge is -2.15. The Morgan fingerprint density at radius 2 is 1.84 bits per heavy atom. The number of hydrogen-bond acceptors (Lipinski definition) is 6. The molecule has 1 unspecified atom stereocenters. The molecule has 1 heterocycles. The molecule has 19 heavy (non-hydrogen) atoms. The van der Waals surface area contributed by atoms with Crippen molar-refractivity contribution in [3.05, 3.63) is 17.7 Å². The zero-order valence-electron chi connectivity index (χ0n) is 11.2. The molecule has 0 bridgehead atoms. The highest BCUT2D eigenvalue weighted by atomic mass is 16.5. The summed E-state index contributed by atoms with van der Waals surface area (Å²) in [6.45, 7) is 1.20. The first-order valence-corrected chi connectivity index (χ1v) is 5.90. The third-order valence-electron chi connectivity index (χ3n) is 2.90. The maximum absolute atomic E-state index is 12.2. The molecule has 1 aliphatic heterocycles. The second-order valence-corrected chi connectivity index (χ2v) is 3.98. The van der Waals surface area contributed by atoms with E-state index in [4.69, 9.17) is 18.9 Å². The first kappa shape index (κ1) is 13.6. The highest BCUT2D eigenvalue weighted by Gasteiger charge is 2.26. The van der Waals surface area contributed by atoms with Crippen LogP contribution in [0.4, 0.5) is 0 Å². The number of methoxy groups -OCH3 is 3. The summed E-state index contributed by atoms with van der Waals surface area (Å²) >= 11 is 0. The van der Waals surface area contributed by atoms with Crippen molar-refractivity contribution in [3.8, 4) is 17.2 Å². The zero-order chi connectivity index (χ0) is 13.8. The van der Waals surface area contributed by atoms with Crippen molar-refractivity contribution in [2.45, 2.75) is 6.23 Å². The van der Waals surface area contributed by atoms with Gasteiger partial charge in [-0.3, -0.25) is 10.1 Å². The Balaban J connectivity index is 2.37. The summed E-state index contributed by atoms with van der Waals surface area (Å²) < 4.78 is 20.9. The van der Waals surface area contributed by atoms with Gasteiger partial charge in [-0.15, -0.1) is 0 Å². The molecule has 0 aromatic heterocycles. The van der Waals surface area contributed by atoms with Crippen molar-refractivity contribution in [1.82, 2.24) is 5.32 Å². The molecule has 6 nitrogen and oxygen atoms in total. The fourth-order valence-corrected chi connectivity index (χ4v) is 1.97. The van der Waals surface area contributed by atoms with Crippen LogP contribution in [0.15, 0.2) is 12.1 Å².